The van der Waals surface area contributed by atoms with Gasteiger partial charge in [-0.1, -0.05) is 176 Å². The number of thiophene rings is 2. The smallest absolute Gasteiger partial charge is 0.165 e. The van der Waals surface area contributed by atoms with E-state index in [1.54, 1.807) is 22.7 Å². The van der Waals surface area contributed by atoms with Crippen molar-refractivity contribution < 1.29 is 0 Å². The van der Waals surface area contributed by atoms with Crippen molar-refractivity contribution in [1.82, 2.24) is 15.0 Å². The highest BCUT2D eigenvalue weighted by Crippen LogP contribution is 2.45. The Morgan fingerprint density at radius 2 is 0.683 bits per heavy atom. The number of rotatable bonds is 6. The molecule has 5 heteroatoms. The van der Waals surface area contributed by atoms with E-state index in [4.69, 9.17) is 15.0 Å². The summed E-state index contributed by atoms with van der Waals surface area (Å²) in [5.41, 5.74) is 9.84. The van der Waals surface area contributed by atoms with Gasteiger partial charge in [-0.25, -0.2) is 15.0 Å². The molecule has 0 fully saturated rings. The van der Waals surface area contributed by atoms with E-state index in [-0.39, 0.29) is 0 Å². The second-order valence-electron chi connectivity index (χ2n) is 15.1. The fourth-order valence-electron chi connectivity index (χ4n) is 8.76. The zero-order valence-corrected chi connectivity index (χ0v) is 33.8. The average molecular weight is 800 g/mol. The van der Waals surface area contributed by atoms with Gasteiger partial charge in [-0.05, 0) is 68.4 Å². The summed E-state index contributed by atoms with van der Waals surface area (Å²) in [6.07, 6.45) is 0. The molecule has 280 valence electrons. The van der Waals surface area contributed by atoms with Crippen molar-refractivity contribution in [3.63, 3.8) is 0 Å². The molecule has 0 aliphatic rings. The summed E-state index contributed by atoms with van der Waals surface area (Å²) in [5.74, 6) is 1.96. The zero-order valence-electron chi connectivity index (χ0n) is 32.2. The van der Waals surface area contributed by atoms with Gasteiger partial charge >= 0.3 is 0 Å². The number of hydrogen-bond donors (Lipinski definition) is 0. The molecule has 3 heterocycles. The first-order valence-corrected chi connectivity index (χ1v) is 21.7. The molecule has 0 unspecified atom stereocenters. The lowest BCUT2D eigenvalue weighted by Gasteiger charge is -2.17. The van der Waals surface area contributed by atoms with Crippen LogP contribution < -0.4 is 0 Å². The topological polar surface area (TPSA) is 38.7 Å². The van der Waals surface area contributed by atoms with E-state index >= 15 is 0 Å². The first-order chi connectivity index (χ1) is 29.7. The number of nitrogens with zero attached hydrogens (tertiary/aromatic N) is 3. The standard InChI is InChI=1S/C55H33N3S2/c1-3-14-34(15-4-1)35-28-30-37(31-29-35)39-32-33-40-38(36-16-5-2-6-17-36)20-11-21-43(40)50(39)55-57-53(46-24-12-22-44-41-18-7-9-26-48(41)59-51(44)46)56-54(58-55)47-25-13-23-45-42-19-8-10-27-49(42)60-52(45)47/h1-33H. The van der Waals surface area contributed by atoms with Crippen LogP contribution in [-0.4, -0.2) is 15.0 Å². The van der Waals surface area contributed by atoms with Gasteiger partial charge in [0, 0.05) is 57.0 Å². The Kier molecular flexibility index (Phi) is 8.22. The summed E-state index contributed by atoms with van der Waals surface area (Å²) in [4.78, 5) is 16.5. The molecule has 0 amide bonds. The molecule has 3 aromatic heterocycles. The van der Waals surface area contributed by atoms with Gasteiger partial charge in [-0.2, -0.15) is 0 Å². The van der Waals surface area contributed by atoms with Gasteiger partial charge < -0.3 is 0 Å². The van der Waals surface area contributed by atoms with Crippen LogP contribution in [0.2, 0.25) is 0 Å². The molecule has 3 nitrogen and oxygen atoms in total. The number of benzene rings is 9. The summed E-state index contributed by atoms with van der Waals surface area (Å²) >= 11 is 3.59. The fourth-order valence-corrected chi connectivity index (χ4v) is 11.2. The first kappa shape index (κ1) is 34.7. The van der Waals surface area contributed by atoms with Crippen LogP contribution in [0.3, 0.4) is 0 Å². The Morgan fingerprint density at radius 1 is 0.250 bits per heavy atom. The molecule has 0 atom stereocenters. The molecule has 60 heavy (non-hydrogen) atoms. The molecule has 9 aromatic carbocycles. The predicted octanol–water partition coefficient (Wildman–Crippen LogP) is 15.8. The van der Waals surface area contributed by atoms with Gasteiger partial charge in [0.2, 0.25) is 0 Å². The predicted molar refractivity (Wildman–Crippen MR) is 256 cm³/mol. The maximum absolute atomic E-state index is 5.53. The fraction of sp³-hybridized carbons (Fsp3) is 0. The lowest BCUT2D eigenvalue weighted by molar-refractivity contribution is 1.08. The van der Waals surface area contributed by atoms with E-state index in [2.05, 4.69) is 200 Å². The second kappa shape index (κ2) is 14.2. The van der Waals surface area contributed by atoms with Crippen molar-refractivity contribution in [3.05, 3.63) is 200 Å². The van der Waals surface area contributed by atoms with Gasteiger partial charge in [0.05, 0.1) is 0 Å². The highest BCUT2D eigenvalue weighted by molar-refractivity contribution is 7.26. The third-order valence-electron chi connectivity index (χ3n) is 11.6. The van der Waals surface area contributed by atoms with Gasteiger partial charge in [0.1, 0.15) is 0 Å². The van der Waals surface area contributed by atoms with E-state index in [1.165, 1.54) is 62.6 Å². The quantitative estimate of drug-likeness (QED) is 0.168. The van der Waals surface area contributed by atoms with E-state index in [1.807, 2.05) is 0 Å². The zero-order chi connectivity index (χ0) is 39.6. The molecule has 12 aromatic rings. The molecule has 0 aliphatic carbocycles. The summed E-state index contributed by atoms with van der Waals surface area (Å²) < 4.78 is 4.83. The minimum Gasteiger partial charge on any atom is -0.208 e. The second-order valence-corrected chi connectivity index (χ2v) is 17.2. The van der Waals surface area contributed by atoms with E-state index in [0.29, 0.717) is 17.5 Å². The molecule has 0 aliphatic heterocycles. The monoisotopic (exact) mass is 799 g/mol. The van der Waals surface area contributed by atoms with Crippen LogP contribution in [0.5, 0.6) is 0 Å². The number of aromatic nitrogens is 3. The van der Waals surface area contributed by atoms with Crippen molar-refractivity contribution >= 4 is 73.8 Å². The van der Waals surface area contributed by atoms with Gasteiger partial charge in [0.25, 0.3) is 0 Å². The Morgan fingerprint density at radius 3 is 1.28 bits per heavy atom. The number of hydrogen-bond acceptors (Lipinski definition) is 5. The van der Waals surface area contributed by atoms with Crippen LogP contribution in [0.25, 0.3) is 119 Å². The Hall–Kier alpha value is -7.31. The molecule has 0 saturated heterocycles. The van der Waals surface area contributed by atoms with Crippen molar-refractivity contribution in [3.8, 4) is 67.5 Å². The maximum atomic E-state index is 5.53. The van der Waals surface area contributed by atoms with E-state index in [0.717, 1.165) is 38.6 Å². The van der Waals surface area contributed by atoms with Crippen LogP contribution in [0, 0.1) is 0 Å². The minimum absolute atomic E-state index is 0.643. The molecule has 12 rings (SSSR count). The number of fused-ring (bicyclic) bond motifs is 7. The highest BCUT2D eigenvalue weighted by Gasteiger charge is 2.23. The van der Waals surface area contributed by atoms with Crippen LogP contribution in [0.4, 0.5) is 0 Å². The lowest BCUT2D eigenvalue weighted by Crippen LogP contribution is -2.02. The summed E-state index contributed by atoms with van der Waals surface area (Å²) in [7, 11) is 0. The minimum atomic E-state index is 0.643. The third kappa shape index (κ3) is 5.74. The average Bonchev–Trinajstić information content (AvgIpc) is 3.90. The first-order valence-electron chi connectivity index (χ1n) is 20.1. The Balaban J connectivity index is 1.17. The van der Waals surface area contributed by atoms with Gasteiger partial charge in [-0.15, -0.1) is 22.7 Å². The van der Waals surface area contributed by atoms with Crippen LogP contribution in [0.15, 0.2) is 200 Å². The van der Waals surface area contributed by atoms with Gasteiger partial charge in [0.15, 0.2) is 17.5 Å². The lowest BCUT2D eigenvalue weighted by atomic mass is 9.89. The molecule has 0 bridgehead atoms. The molecule has 0 saturated carbocycles. The van der Waals surface area contributed by atoms with E-state index < -0.39 is 0 Å². The van der Waals surface area contributed by atoms with Crippen LogP contribution in [-0.2, 0) is 0 Å². The molecule has 0 spiro atoms. The van der Waals surface area contributed by atoms with Gasteiger partial charge in [-0.3, -0.25) is 0 Å². The largest absolute Gasteiger partial charge is 0.208 e. The Bertz CT molecular complexity index is 3460. The maximum Gasteiger partial charge on any atom is 0.165 e. The van der Waals surface area contributed by atoms with Crippen molar-refractivity contribution in [1.29, 1.82) is 0 Å². The SMILES string of the molecule is c1ccc(-c2ccc(-c3ccc4c(-c5ccccc5)cccc4c3-c3nc(-c4cccc5c4sc4ccccc45)nc(-c4cccc5c4sc4ccccc45)n3)cc2)cc1. The molecular weight excluding hydrogens is 767 g/mol. The van der Waals surface area contributed by atoms with Crippen molar-refractivity contribution in [2.75, 3.05) is 0 Å². The van der Waals surface area contributed by atoms with Crippen molar-refractivity contribution in [2.24, 2.45) is 0 Å². The van der Waals surface area contributed by atoms with E-state index in [9.17, 15) is 0 Å². The highest BCUT2D eigenvalue weighted by atomic mass is 32.1. The summed E-state index contributed by atoms with van der Waals surface area (Å²) in [6.45, 7) is 0. The third-order valence-corrected chi connectivity index (χ3v) is 14.0. The normalized spacial score (nSPS) is 11.7. The molecule has 0 radical (unpaired) electrons. The van der Waals surface area contributed by atoms with Crippen LogP contribution in [0.1, 0.15) is 0 Å². The summed E-state index contributed by atoms with van der Waals surface area (Å²) in [5, 5.41) is 7.13. The van der Waals surface area contributed by atoms with Crippen molar-refractivity contribution in [2.45, 2.75) is 0 Å². The van der Waals surface area contributed by atoms with Crippen LogP contribution >= 0.6 is 22.7 Å². The molecular formula is C55H33N3S2. The summed E-state index contributed by atoms with van der Waals surface area (Å²) in [6, 6.07) is 71.5. The molecule has 0 N–H and O–H groups in total. The Labute approximate surface area is 354 Å².